The largest absolute Gasteiger partial charge is 0.444 e. The van der Waals surface area contributed by atoms with Gasteiger partial charge in [-0.15, -0.1) is 0 Å². The maximum absolute atomic E-state index is 12.7. The Kier molecular flexibility index (Phi) is 6.88. The molecule has 1 aromatic rings. The Hall–Kier alpha value is -2.87. The zero-order valence-electron chi connectivity index (χ0n) is 20.5. The van der Waals surface area contributed by atoms with E-state index >= 15 is 0 Å². The number of amides is 3. The number of urea groups is 1. The highest BCUT2D eigenvalue weighted by atomic mass is 16.6. The van der Waals surface area contributed by atoms with Gasteiger partial charge in [0.1, 0.15) is 5.60 Å². The average Bonchev–Trinajstić information content (AvgIpc) is 3.06. The lowest BCUT2D eigenvalue weighted by Gasteiger charge is -2.45. The van der Waals surface area contributed by atoms with E-state index in [1.54, 1.807) is 11.0 Å². The van der Waals surface area contributed by atoms with E-state index in [4.69, 9.17) is 4.74 Å². The number of fused-ring (bicyclic) bond motifs is 1. The number of aliphatic imine (C=N–C) groups is 1. The van der Waals surface area contributed by atoms with Gasteiger partial charge in [-0.2, -0.15) is 5.10 Å². The van der Waals surface area contributed by atoms with Crippen LogP contribution in [0.3, 0.4) is 0 Å². The smallest absolute Gasteiger partial charge is 0.410 e. The van der Waals surface area contributed by atoms with Gasteiger partial charge in [-0.25, -0.2) is 19.4 Å². The Bertz CT molecular complexity index is 943. The number of anilines is 1. The number of ether oxygens (including phenoxy) is 1. The minimum Gasteiger partial charge on any atom is -0.444 e. The van der Waals surface area contributed by atoms with Crippen LogP contribution in [0.25, 0.3) is 0 Å². The third kappa shape index (κ3) is 6.57. The molecule has 1 saturated carbocycles. The van der Waals surface area contributed by atoms with Crippen LogP contribution in [-0.4, -0.2) is 58.0 Å². The molecule has 0 radical (unpaired) electrons. The summed E-state index contributed by atoms with van der Waals surface area (Å²) in [5.74, 6) is 0.410. The van der Waals surface area contributed by atoms with Gasteiger partial charge in [-0.3, -0.25) is 10.4 Å². The first-order chi connectivity index (χ1) is 15.3. The number of nitrogens with zero attached hydrogens (tertiary/aromatic N) is 3. The van der Waals surface area contributed by atoms with E-state index in [9.17, 15) is 14.4 Å². The monoisotopic (exact) mass is 460 g/mol. The molecule has 0 bridgehead atoms. The first kappa shape index (κ1) is 24.8. The molecule has 0 saturated heterocycles. The van der Waals surface area contributed by atoms with Crippen LogP contribution in [-0.2, 0) is 22.5 Å². The fourth-order valence-corrected chi connectivity index (χ4v) is 5.21. The lowest BCUT2D eigenvalue weighted by molar-refractivity contribution is 0.0224. The van der Waals surface area contributed by atoms with Crippen LogP contribution in [0.5, 0.6) is 0 Å². The van der Waals surface area contributed by atoms with Crippen LogP contribution in [0.15, 0.2) is 4.99 Å². The van der Waals surface area contributed by atoms with Crippen molar-refractivity contribution in [2.45, 2.75) is 85.4 Å². The molecule has 2 heterocycles. The first-order valence-electron chi connectivity index (χ1n) is 11.5. The van der Waals surface area contributed by atoms with E-state index in [1.165, 1.54) is 0 Å². The van der Waals surface area contributed by atoms with Crippen molar-refractivity contribution in [3.63, 3.8) is 0 Å². The number of carbonyl (C=O) groups excluding carboxylic acids is 3. The zero-order valence-corrected chi connectivity index (χ0v) is 20.5. The Morgan fingerprint density at radius 2 is 2.03 bits per heavy atom. The van der Waals surface area contributed by atoms with Crippen LogP contribution in [0.2, 0.25) is 0 Å². The summed E-state index contributed by atoms with van der Waals surface area (Å²) in [6.07, 6.45) is 4.37. The highest BCUT2D eigenvalue weighted by Gasteiger charge is 2.41. The first-order valence-corrected chi connectivity index (χ1v) is 11.5. The molecule has 1 aromatic heterocycles. The summed E-state index contributed by atoms with van der Waals surface area (Å²) in [5, 5.41) is 13.0. The Morgan fingerprint density at radius 1 is 1.30 bits per heavy atom. The third-order valence-corrected chi connectivity index (χ3v) is 6.15. The van der Waals surface area contributed by atoms with Crippen molar-refractivity contribution >= 4 is 24.0 Å². The van der Waals surface area contributed by atoms with E-state index in [-0.39, 0.29) is 29.0 Å². The van der Waals surface area contributed by atoms with Gasteiger partial charge in [0.05, 0.1) is 12.6 Å². The van der Waals surface area contributed by atoms with Crippen LogP contribution in [0, 0.1) is 10.8 Å². The minimum atomic E-state index is -0.575. The molecule has 1 aliphatic heterocycles. The van der Waals surface area contributed by atoms with E-state index in [2.05, 4.69) is 46.6 Å². The maximum Gasteiger partial charge on any atom is 0.410 e. The van der Waals surface area contributed by atoms with Crippen molar-refractivity contribution in [2.24, 2.45) is 15.8 Å². The lowest BCUT2D eigenvalue weighted by atomic mass is 9.63. The number of hydrogen-bond acceptors (Lipinski definition) is 6. The number of carbonyl (C=O) groups is 2. The summed E-state index contributed by atoms with van der Waals surface area (Å²) >= 11 is 0. The second kappa shape index (κ2) is 9.17. The topological polar surface area (TPSA) is 129 Å². The molecule has 1 fully saturated rings. The summed E-state index contributed by atoms with van der Waals surface area (Å²) in [4.78, 5) is 41.5. The molecule has 10 heteroatoms. The van der Waals surface area contributed by atoms with Gasteiger partial charge in [-0.1, -0.05) is 20.8 Å². The molecule has 0 aromatic carbocycles. The zero-order chi connectivity index (χ0) is 24.4. The number of aromatic nitrogens is 2. The standard InChI is InChI=1S/C23H36N6O4/c1-21(2,3)33-20(32)29-8-7-17-16(11-29)18(28-27-17)26-19(31)24-13-23(6)10-15(25-14-30)9-22(4,5)12-23/h15H,7-13H2,1-6H3,(H3,24,26,27,28,31). The number of nitrogens with one attached hydrogen (secondary N) is 3. The fourth-order valence-electron chi connectivity index (χ4n) is 5.21. The van der Waals surface area contributed by atoms with Crippen molar-refractivity contribution < 1.29 is 19.1 Å². The molecule has 33 heavy (non-hydrogen) atoms. The van der Waals surface area contributed by atoms with E-state index in [0.717, 1.165) is 24.1 Å². The van der Waals surface area contributed by atoms with Crippen molar-refractivity contribution in [3.05, 3.63) is 11.3 Å². The maximum atomic E-state index is 12.7. The SMILES string of the molecule is CC1(C)CC(N=C=O)CC(C)(CNC(=O)Nc2n[nH]c3c2CN(C(=O)OC(C)(C)C)CC3)C1. The Balaban J connectivity index is 1.60. The summed E-state index contributed by atoms with van der Waals surface area (Å²) < 4.78 is 5.47. The molecule has 182 valence electrons. The summed E-state index contributed by atoms with van der Waals surface area (Å²) in [7, 11) is 0. The highest BCUT2D eigenvalue weighted by molar-refractivity contribution is 5.89. The second-order valence-corrected chi connectivity index (χ2v) is 11.4. The molecule has 0 spiro atoms. The number of H-pyrrole nitrogens is 1. The fraction of sp³-hybridized carbons (Fsp3) is 0.739. The lowest BCUT2D eigenvalue weighted by Crippen LogP contribution is -2.45. The predicted molar refractivity (Wildman–Crippen MR) is 124 cm³/mol. The number of isocyanates is 1. The molecule has 1 aliphatic carbocycles. The van der Waals surface area contributed by atoms with Crippen molar-refractivity contribution in [1.82, 2.24) is 20.4 Å². The van der Waals surface area contributed by atoms with Gasteiger partial charge in [-0.05, 0) is 50.9 Å². The third-order valence-electron chi connectivity index (χ3n) is 6.15. The van der Waals surface area contributed by atoms with Crippen LogP contribution in [0.1, 0.15) is 72.1 Å². The van der Waals surface area contributed by atoms with Crippen molar-refractivity contribution in [2.75, 3.05) is 18.4 Å². The molecule has 2 aliphatic rings. The Morgan fingerprint density at radius 3 is 2.70 bits per heavy atom. The number of hydrogen-bond donors (Lipinski definition) is 3. The predicted octanol–water partition coefficient (Wildman–Crippen LogP) is 3.75. The van der Waals surface area contributed by atoms with Crippen molar-refractivity contribution in [1.29, 1.82) is 0 Å². The van der Waals surface area contributed by atoms with Gasteiger partial charge in [0.2, 0.25) is 6.08 Å². The van der Waals surface area contributed by atoms with Gasteiger partial charge in [0.15, 0.2) is 5.82 Å². The Labute approximate surface area is 194 Å². The summed E-state index contributed by atoms with van der Waals surface area (Å²) in [6, 6.07) is -0.447. The summed E-state index contributed by atoms with van der Waals surface area (Å²) in [6.45, 7) is 13.2. The minimum absolute atomic E-state index is 0.0164. The molecule has 2 unspecified atom stereocenters. The van der Waals surface area contributed by atoms with E-state index in [0.29, 0.717) is 38.3 Å². The normalized spacial score (nSPS) is 24.3. The molecule has 10 nitrogen and oxygen atoms in total. The van der Waals surface area contributed by atoms with Gasteiger partial charge < -0.3 is 15.0 Å². The average molecular weight is 461 g/mol. The molecular weight excluding hydrogens is 424 g/mol. The molecular formula is C23H36N6O4. The molecule has 2 atom stereocenters. The highest BCUT2D eigenvalue weighted by Crippen LogP contribution is 2.46. The molecule has 3 amide bonds. The number of aromatic amines is 1. The molecule has 3 rings (SSSR count). The van der Waals surface area contributed by atoms with Crippen LogP contribution in [0.4, 0.5) is 15.4 Å². The van der Waals surface area contributed by atoms with Gasteiger partial charge >= 0.3 is 12.1 Å². The second-order valence-electron chi connectivity index (χ2n) is 11.4. The van der Waals surface area contributed by atoms with E-state index < -0.39 is 5.60 Å². The van der Waals surface area contributed by atoms with E-state index in [1.807, 2.05) is 20.8 Å². The van der Waals surface area contributed by atoms with Crippen LogP contribution >= 0.6 is 0 Å². The summed E-state index contributed by atoms with van der Waals surface area (Å²) in [5.41, 5.74) is 0.938. The van der Waals surface area contributed by atoms with Gasteiger partial charge in [0.25, 0.3) is 0 Å². The quantitative estimate of drug-likeness (QED) is 0.466. The number of rotatable bonds is 4. The van der Waals surface area contributed by atoms with Crippen molar-refractivity contribution in [3.8, 4) is 0 Å². The van der Waals surface area contributed by atoms with Crippen LogP contribution < -0.4 is 10.6 Å². The van der Waals surface area contributed by atoms with Gasteiger partial charge in [0, 0.05) is 30.8 Å². The molecule has 3 N–H and O–H groups in total.